The SMILES string of the molecule is ICc1ccccc1-c1ccccc1. The molecule has 0 aliphatic heterocycles. The van der Waals surface area contributed by atoms with Crippen LogP contribution < -0.4 is 0 Å². The predicted molar refractivity (Wildman–Crippen MR) is 69.6 cm³/mol. The van der Waals surface area contributed by atoms with Gasteiger partial charge in [-0.2, -0.15) is 0 Å². The first kappa shape index (κ1) is 9.71. The second kappa shape index (κ2) is 4.60. The summed E-state index contributed by atoms with van der Waals surface area (Å²) < 4.78 is 1.06. The van der Waals surface area contributed by atoms with Crippen LogP contribution in [0.25, 0.3) is 11.1 Å². The fraction of sp³-hybridized carbons (Fsp3) is 0.0769. The third-order valence-corrected chi connectivity index (χ3v) is 3.07. The van der Waals surface area contributed by atoms with Crippen LogP contribution in [0.4, 0.5) is 0 Å². The lowest BCUT2D eigenvalue weighted by Gasteiger charge is -2.06. The average molecular weight is 294 g/mol. The highest BCUT2D eigenvalue weighted by atomic mass is 127. The highest BCUT2D eigenvalue weighted by molar-refractivity contribution is 14.1. The largest absolute Gasteiger partial charge is 0.0812 e. The van der Waals surface area contributed by atoms with E-state index in [1.807, 2.05) is 0 Å². The Hall–Kier alpha value is -0.830. The first-order valence-electron chi connectivity index (χ1n) is 4.61. The molecule has 0 nitrogen and oxygen atoms in total. The number of alkyl halides is 1. The summed E-state index contributed by atoms with van der Waals surface area (Å²) in [5.74, 6) is 0. The van der Waals surface area contributed by atoms with Gasteiger partial charge in [0.15, 0.2) is 0 Å². The zero-order valence-corrected chi connectivity index (χ0v) is 9.94. The van der Waals surface area contributed by atoms with Crippen molar-refractivity contribution in [2.75, 3.05) is 0 Å². The summed E-state index contributed by atoms with van der Waals surface area (Å²) in [4.78, 5) is 0. The van der Waals surface area contributed by atoms with Crippen LogP contribution >= 0.6 is 22.6 Å². The topological polar surface area (TPSA) is 0 Å². The second-order valence-electron chi connectivity index (χ2n) is 3.16. The predicted octanol–water partition coefficient (Wildman–Crippen LogP) is 4.29. The minimum Gasteiger partial charge on any atom is -0.0812 e. The molecule has 0 spiro atoms. The molecule has 0 amide bonds. The van der Waals surface area contributed by atoms with Crippen LogP contribution in [-0.4, -0.2) is 0 Å². The Morgan fingerprint density at radius 1 is 0.786 bits per heavy atom. The molecule has 0 aliphatic carbocycles. The zero-order chi connectivity index (χ0) is 9.80. The Morgan fingerprint density at radius 2 is 1.43 bits per heavy atom. The molecule has 0 fully saturated rings. The summed E-state index contributed by atoms with van der Waals surface area (Å²) in [5, 5.41) is 0. The molecule has 0 bridgehead atoms. The van der Waals surface area contributed by atoms with E-state index >= 15 is 0 Å². The van der Waals surface area contributed by atoms with E-state index in [2.05, 4.69) is 77.2 Å². The van der Waals surface area contributed by atoms with E-state index < -0.39 is 0 Å². The molecule has 0 atom stereocenters. The van der Waals surface area contributed by atoms with E-state index in [9.17, 15) is 0 Å². The molecule has 14 heavy (non-hydrogen) atoms. The molecular weight excluding hydrogens is 283 g/mol. The molecule has 0 aliphatic rings. The third kappa shape index (κ3) is 1.98. The van der Waals surface area contributed by atoms with Crippen LogP contribution in [0.2, 0.25) is 0 Å². The van der Waals surface area contributed by atoms with Gasteiger partial charge < -0.3 is 0 Å². The Kier molecular flexibility index (Phi) is 3.19. The molecule has 0 aromatic heterocycles. The maximum absolute atomic E-state index is 2.41. The number of hydrogen-bond acceptors (Lipinski definition) is 0. The second-order valence-corrected chi connectivity index (χ2v) is 3.92. The molecule has 2 aromatic carbocycles. The van der Waals surface area contributed by atoms with Gasteiger partial charge >= 0.3 is 0 Å². The molecule has 0 unspecified atom stereocenters. The van der Waals surface area contributed by atoms with E-state index in [0.717, 1.165) is 4.43 Å². The van der Waals surface area contributed by atoms with Gasteiger partial charge in [-0.15, -0.1) is 0 Å². The van der Waals surface area contributed by atoms with Crippen molar-refractivity contribution in [1.29, 1.82) is 0 Å². The van der Waals surface area contributed by atoms with Crippen molar-refractivity contribution in [3.05, 3.63) is 60.2 Å². The average Bonchev–Trinajstić information content (AvgIpc) is 2.30. The van der Waals surface area contributed by atoms with E-state index in [4.69, 9.17) is 0 Å². The minimum absolute atomic E-state index is 1.06. The van der Waals surface area contributed by atoms with Crippen LogP contribution in [-0.2, 0) is 4.43 Å². The van der Waals surface area contributed by atoms with Crippen molar-refractivity contribution < 1.29 is 0 Å². The van der Waals surface area contributed by atoms with Gasteiger partial charge in [0, 0.05) is 4.43 Å². The van der Waals surface area contributed by atoms with Crippen LogP contribution in [0.1, 0.15) is 5.56 Å². The van der Waals surface area contributed by atoms with Gasteiger partial charge in [-0.05, 0) is 16.7 Å². The third-order valence-electron chi connectivity index (χ3n) is 2.25. The molecule has 0 radical (unpaired) electrons. The molecule has 0 saturated heterocycles. The maximum atomic E-state index is 2.41. The van der Waals surface area contributed by atoms with Gasteiger partial charge in [0.2, 0.25) is 0 Å². The minimum atomic E-state index is 1.06. The lowest BCUT2D eigenvalue weighted by atomic mass is 10.0. The van der Waals surface area contributed by atoms with Gasteiger partial charge in [-0.1, -0.05) is 77.2 Å². The standard InChI is InChI=1S/C13H11I/c14-10-12-8-4-5-9-13(12)11-6-2-1-3-7-11/h1-9H,10H2. The molecule has 0 saturated carbocycles. The fourth-order valence-electron chi connectivity index (χ4n) is 1.54. The quantitative estimate of drug-likeness (QED) is 0.572. The zero-order valence-electron chi connectivity index (χ0n) is 7.78. The number of halogens is 1. The number of benzene rings is 2. The summed E-state index contributed by atoms with van der Waals surface area (Å²) in [6, 6.07) is 19.1. The van der Waals surface area contributed by atoms with Crippen LogP contribution in [0.3, 0.4) is 0 Å². The normalized spacial score (nSPS) is 10.1. The Morgan fingerprint density at radius 3 is 2.14 bits per heavy atom. The summed E-state index contributed by atoms with van der Waals surface area (Å²) in [7, 11) is 0. The lowest BCUT2D eigenvalue weighted by molar-refractivity contribution is 1.44. The van der Waals surface area contributed by atoms with E-state index in [0.29, 0.717) is 0 Å². The van der Waals surface area contributed by atoms with Crippen molar-refractivity contribution >= 4 is 22.6 Å². The highest BCUT2D eigenvalue weighted by Gasteiger charge is 2.01. The maximum Gasteiger partial charge on any atom is 0.0253 e. The van der Waals surface area contributed by atoms with E-state index in [1.165, 1.54) is 16.7 Å². The number of hydrogen-bond donors (Lipinski definition) is 0. The fourth-order valence-corrected chi connectivity index (χ4v) is 2.20. The Labute approximate surface area is 98.1 Å². The summed E-state index contributed by atoms with van der Waals surface area (Å²) in [6.07, 6.45) is 0. The van der Waals surface area contributed by atoms with Gasteiger partial charge in [0.25, 0.3) is 0 Å². The summed E-state index contributed by atoms with van der Waals surface area (Å²) in [6.45, 7) is 0. The van der Waals surface area contributed by atoms with Crippen molar-refractivity contribution in [2.45, 2.75) is 4.43 Å². The smallest absolute Gasteiger partial charge is 0.0253 e. The van der Waals surface area contributed by atoms with Crippen molar-refractivity contribution in [3.63, 3.8) is 0 Å². The van der Waals surface area contributed by atoms with E-state index in [-0.39, 0.29) is 0 Å². The Balaban J connectivity index is 2.51. The molecule has 0 heterocycles. The van der Waals surface area contributed by atoms with Gasteiger partial charge in [-0.3, -0.25) is 0 Å². The molecule has 0 N–H and O–H groups in total. The van der Waals surface area contributed by atoms with Crippen molar-refractivity contribution in [1.82, 2.24) is 0 Å². The first-order valence-corrected chi connectivity index (χ1v) is 6.13. The van der Waals surface area contributed by atoms with Crippen LogP contribution in [0.5, 0.6) is 0 Å². The van der Waals surface area contributed by atoms with Gasteiger partial charge in [-0.25, -0.2) is 0 Å². The van der Waals surface area contributed by atoms with Crippen LogP contribution in [0.15, 0.2) is 54.6 Å². The molecular formula is C13H11I. The van der Waals surface area contributed by atoms with Crippen LogP contribution in [0, 0.1) is 0 Å². The van der Waals surface area contributed by atoms with Crippen molar-refractivity contribution in [3.8, 4) is 11.1 Å². The molecule has 2 rings (SSSR count). The molecule has 70 valence electrons. The first-order chi connectivity index (χ1) is 6.92. The molecule has 2 aromatic rings. The summed E-state index contributed by atoms with van der Waals surface area (Å²) in [5.41, 5.74) is 4.06. The highest BCUT2D eigenvalue weighted by Crippen LogP contribution is 2.24. The molecule has 1 heteroatoms. The summed E-state index contributed by atoms with van der Waals surface area (Å²) >= 11 is 2.41. The lowest BCUT2D eigenvalue weighted by Crippen LogP contribution is -1.84. The van der Waals surface area contributed by atoms with Gasteiger partial charge in [0.1, 0.15) is 0 Å². The van der Waals surface area contributed by atoms with E-state index in [1.54, 1.807) is 0 Å². The monoisotopic (exact) mass is 294 g/mol. The van der Waals surface area contributed by atoms with Gasteiger partial charge in [0.05, 0.1) is 0 Å². The number of rotatable bonds is 2. The van der Waals surface area contributed by atoms with Crippen molar-refractivity contribution in [2.24, 2.45) is 0 Å². The Bertz CT molecular complexity index is 407.